The molecule has 0 aliphatic carbocycles. The van der Waals surface area contributed by atoms with Crippen molar-refractivity contribution in [2.75, 3.05) is 13.6 Å². The van der Waals surface area contributed by atoms with E-state index < -0.39 is 5.54 Å². The van der Waals surface area contributed by atoms with Crippen molar-refractivity contribution in [1.82, 2.24) is 25.4 Å². The summed E-state index contributed by atoms with van der Waals surface area (Å²) in [4.78, 5) is 15.8. The molecule has 0 aliphatic rings. The Labute approximate surface area is 95.4 Å². The third-order valence-corrected chi connectivity index (χ3v) is 2.47. The lowest BCUT2D eigenvalue weighted by molar-refractivity contribution is -0.126. The first-order valence-electron chi connectivity index (χ1n) is 5.27. The van der Waals surface area contributed by atoms with E-state index in [0.717, 1.165) is 5.82 Å². The van der Waals surface area contributed by atoms with Crippen molar-refractivity contribution in [2.24, 2.45) is 7.05 Å². The van der Waals surface area contributed by atoms with Gasteiger partial charge in [-0.15, -0.1) is 0 Å². The van der Waals surface area contributed by atoms with Crippen molar-refractivity contribution in [2.45, 2.75) is 25.8 Å². The summed E-state index contributed by atoms with van der Waals surface area (Å²) < 4.78 is 1.65. The highest BCUT2D eigenvalue weighted by molar-refractivity contribution is 5.85. The molecular weight excluding hydrogens is 206 g/mol. The average Bonchev–Trinajstić information content (AvgIpc) is 2.64. The van der Waals surface area contributed by atoms with Crippen molar-refractivity contribution < 1.29 is 4.79 Å². The van der Waals surface area contributed by atoms with E-state index in [0.29, 0.717) is 13.0 Å². The van der Waals surface area contributed by atoms with E-state index in [1.807, 2.05) is 20.9 Å². The lowest BCUT2D eigenvalue weighted by atomic mass is 10.1. The summed E-state index contributed by atoms with van der Waals surface area (Å²) in [5.41, 5.74) is -0.544. The minimum absolute atomic E-state index is 0.0223. The fourth-order valence-corrected chi connectivity index (χ4v) is 1.12. The zero-order chi connectivity index (χ0) is 12.2. The molecule has 0 bridgehead atoms. The third kappa shape index (κ3) is 3.30. The van der Waals surface area contributed by atoms with Gasteiger partial charge in [0.05, 0.1) is 5.54 Å². The molecule has 0 fully saturated rings. The number of amides is 1. The van der Waals surface area contributed by atoms with Crippen molar-refractivity contribution in [3.05, 3.63) is 12.2 Å². The number of likely N-dealkylation sites (N-methyl/N-ethyl adjacent to an activating group) is 1. The molecular formula is C10H19N5O. The van der Waals surface area contributed by atoms with E-state index in [2.05, 4.69) is 20.7 Å². The Kier molecular flexibility index (Phi) is 4.00. The number of hydrogen-bond acceptors (Lipinski definition) is 4. The van der Waals surface area contributed by atoms with Gasteiger partial charge in [-0.05, 0) is 20.9 Å². The van der Waals surface area contributed by atoms with Crippen molar-refractivity contribution in [3.63, 3.8) is 0 Å². The molecule has 6 nitrogen and oxygen atoms in total. The van der Waals surface area contributed by atoms with E-state index >= 15 is 0 Å². The summed E-state index contributed by atoms with van der Waals surface area (Å²) in [7, 11) is 3.58. The van der Waals surface area contributed by atoms with Gasteiger partial charge in [0.15, 0.2) is 5.82 Å². The van der Waals surface area contributed by atoms with Gasteiger partial charge in [0.1, 0.15) is 6.33 Å². The number of hydrogen-bond donors (Lipinski definition) is 2. The topological polar surface area (TPSA) is 71.8 Å². The number of nitrogens with one attached hydrogen (secondary N) is 2. The molecule has 1 aromatic heterocycles. The van der Waals surface area contributed by atoms with Crippen LogP contribution in [0.4, 0.5) is 0 Å². The molecule has 2 N–H and O–H groups in total. The minimum Gasteiger partial charge on any atom is -0.354 e. The second kappa shape index (κ2) is 5.07. The summed E-state index contributed by atoms with van der Waals surface area (Å²) in [6.07, 6.45) is 2.29. The molecule has 0 aliphatic heterocycles. The van der Waals surface area contributed by atoms with Gasteiger partial charge in [-0.3, -0.25) is 9.48 Å². The first-order valence-corrected chi connectivity index (χ1v) is 5.27. The Hall–Kier alpha value is -1.43. The van der Waals surface area contributed by atoms with Gasteiger partial charge in [-0.2, -0.15) is 5.10 Å². The predicted molar refractivity (Wildman–Crippen MR) is 60.9 cm³/mol. The Bertz CT molecular complexity index is 358. The van der Waals surface area contributed by atoms with E-state index in [-0.39, 0.29) is 5.91 Å². The molecule has 0 spiro atoms. The maximum atomic E-state index is 11.7. The first-order chi connectivity index (χ1) is 7.45. The zero-order valence-electron chi connectivity index (χ0n) is 10.2. The van der Waals surface area contributed by atoms with Crippen LogP contribution in [0.2, 0.25) is 0 Å². The van der Waals surface area contributed by atoms with E-state index in [9.17, 15) is 4.79 Å². The SMILES string of the molecule is CNC(C)(C)C(=O)NCCc1ncn(C)n1. The van der Waals surface area contributed by atoms with Crippen LogP contribution in [0.5, 0.6) is 0 Å². The molecule has 1 amide bonds. The van der Waals surface area contributed by atoms with Crippen LogP contribution in [0.1, 0.15) is 19.7 Å². The number of rotatable bonds is 5. The van der Waals surface area contributed by atoms with E-state index in [1.165, 1.54) is 0 Å². The van der Waals surface area contributed by atoms with Gasteiger partial charge in [0.25, 0.3) is 0 Å². The van der Waals surface area contributed by atoms with Gasteiger partial charge in [-0.1, -0.05) is 0 Å². The maximum absolute atomic E-state index is 11.7. The fraction of sp³-hybridized carbons (Fsp3) is 0.700. The van der Waals surface area contributed by atoms with Crippen LogP contribution in [0.25, 0.3) is 0 Å². The van der Waals surface area contributed by atoms with Crippen LogP contribution in [-0.4, -0.2) is 39.8 Å². The standard InChI is InChI=1S/C10H19N5O/c1-10(2,11-3)9(16)12-6-5-8-13-7-15(4)14-8/h7,11H,5-6H2,1-4H3,(H,12,16). The normalized spacial score (nSPS) is 11.5. The lowest BCUT2D eigenvalue weighted by Crippen LogP contribution is -2.51. The lowest BCUT2D eigenvalue weighted by Gasteiger charge is -2.22. The molecule has 16 heavy (non-hydrogen) atoms. The molecule has 1 aromatic rings. The molecule has 1 rings (SSSR count). The zero-order valence-corrected chi connectivity index (χ0v) is 10.2. The summed E-state index contributed by atoms with van der Waals surface area (Å²) >= 11 is 0. The highest BCUT2D eigenvalue weighted by atomic mass is 16.2. The van der Waals surface area contributed by atoms with E-state index in [1.54, 1.807) is 18.1 Å². The summed E-state index contributed by atoms with van der Waals surface area (Å²) in [6.45, 7) is 4.22. The number of nitrogens with zero attached hydrogens (tertiary/aromatic N) is 3. The van der Waals surface area contributed by atoms with Crippen molar-refractivity contribution in [3.8, 4) is 0 Å². The van der Waals surface area contributed by atoms with Gasteiger partial charge >= 0.3 is 0 Å². The smallest absolute Gasteiger partial charge is 0.239 e. The van der Waals surface area contributed by atoms with Gasteiger partial charge in [0.2, 0.25) is 5.91 Å². The van der Waals surface area contributed by atoms with Crippen molar-refractivity contribution >= 4 is 5.91 Å². The molecule has 6 heteroatoms. The summed E-state index contributed by atoms with van der Waals surface area (Å²) in [5.74, 6) is 0.719. The number of carbonyl (C=O) groups is 1. The highest BCUT2D eigenvalue weighted by Crippen LogP contribution is 2.00. The molecule has 0 saturated carbocycles. The Balaban J connectivity index is 2.33. The van der Waals surface area contributed by atoms with Gasteiger partial charge in [0, 0.05) is 20.0 Å². The number of carbonyl (C=O) groups excluding carboxylic acids is 1. The molecule has 0 aromatic carbocycles. The van der Waals surface area contributed by atoms with Gasteiger partial charge in [-0.25, -0.2) is 4.98 Å². The Morgan fingerprint density at radius 3 is 2.75 bits per heavy atom. The quantitative estimate of drug-likeness (QED) is 0.707. The molecule has 0 saturated heterocycles. The molecule has 90 valence electrons. The third-order valence-electron chi connectivity index (χ3n) is 2.47. The second-order valence-electron chi connectivity index (χ2n) is 4.22. The van der Waals surface area contributed by atoms with Gasteiger partial charge < -0.3 is 10.6 Å². The second-order valence-corrected chi connectivity index (χ2v) is 4.22. The maximum Gasteiger partial charge on any atom is 0.239 e. The first kappa shape index (κ1) is 12.6. The molecule has 0 radical (unpaired) electrons. The predicted octanol–water partition coefficient (Wildman–Crippen LogP) is -0.528. The van der Waals surface area contributed by atoms with Crippen LogP contribution < -0.4 is 10.6 Å². The minimum atomic E-state index is -0.544. The molecule has 1 heterocycles. The highest BCUT2D eigenvalue weighted by Gasteiger charge is 2.24. The molecule has 0 atom stereocenters. The summed E-state index contributed by atoms with van der Waals surface area (Å²) in [6, 6.07) is 0. The van der Waals surface area contributed by atoms with Crippen LogP contribution in [0, 0.1) is 0 Å². The number of aryl methyl sites for hydroxylation is 1. The monoisotopic (exact) mass is 225 g/mol. The van der Waals surface area contributed by atoms with Crippen LogP contribution in [-0.2, 0) is 18.3 Å². The van der Waals surface area contributed by atoms with E-state index in [4.69, 9.17) is 0 Å². The Morgan fingerprint density at radius 1 is 1.56 bits per heavy atom. The van der Waals surface area contributed by atoms with Crippen LogP contribution in [0.3, 0.4) is 0 Å². The summed E-state index contributed by atoms with van der Waals surface area (Å²) in [5, 5.41) is 9.92. The van der Waals surface area contributed by atoms with Crippen molar-refractivity contribution in [1.29, 1.82) is 0 Å². The molecule has 0 unspecified atom stereocenters. The number of aromatic nitrogens is 3. The largest absolute Gasteiger partial charge is 0.354 e. The average molecular weight is 225 g/mol. The Morgan fingerprint density at radius 2 is 2.25 bits per heavy atom. The van der Waals surface area contributed by atoms with Crippen LogP contribution >= 0.6 is 0 Å². The van der Waals surface area contributed by atoms with Crippen LogP contribution in [0.15, 0.2) is 6.33 Å². The fourth-order valence-electron chi connectivity index (χ4n) is 1.12.